The van der Waals surface area contributed by atoms with E-state index in [1.165, 1.54) is 0 Å². The summed E-state index contributed by atoms with van der Waals surface area (Å²) in [5.74, 6) is 0.612. The van der Waals surface area contributed by atoms with Gasteiger partial charge in [0.25, 0.3) is 5.91 Å². The molecule has 156 valence electrons. The highest BCUT2D eigenvalue weighted by Gasteiger charge is 2.27. The molecule has 0 bridgehead atoms. The number of para-hydroxylation sites is 1. The summed E-state index contributed by atoms with van der Waals surface area (Å²) >= 11 is 0. The minimum absolute atomic E-state index is 0.0988. The summed E-state index contributed by atoms with van der Waals surface area (Å²) in [4.78, 5) is 23.5. The van der Waals surface area contributed by atoms with Gasteiger partial charge in [-0.15, -0.1) is 0 Å². The number of methoxy groups -OCH3 is 1. The zero-order valence-electron chi connectivity index (χ0n) is 17.4. The number of hydrogen-bond acceptors (Lipinski definition) is 6. The van der Waals surface area contributed by atoms with Crippen LogP contribution < -0.4 is 9.47 Å². The molecule has 2 aromatic heterocycles. The van der Waals surface area contributed by atoms with Crippen LogP contribution in [-0.4, -0.2) is 57.3 Å². The van der Waals surface area contributed by atoms with Gasteiger partial charge in [0.15, 0.2) is 0 Å². The Morgan fingerprint density at radius 1 is 1.17 bits per heavy atom. The van der Waals surface area contributed by atoms with Crippen molar-refractivity contribution in [1.82, 2.24) is 25.1 Å². The number of amides is 1. The smallest absolute Gasteiger partial charge is 0.317 e. The van der Waals surface area contributed by atoms with Gasteiger partial charge >= 0.3 is 6.01 Å². The lowest BCUT2D eigenvalue weighted by Gasteiger charge is -2.32. The van der Waals surface area contributed by atoms with Crippen LogP contribution in [0.25, 0.3) is 11.3 Å². The molecular weight excluding hydrogens is 382 g/mol. The Balaban J connectivity index is 1.46. The molecule has 0 spiro atoms. The Morgan fingerprint density at radius 2 is 1.93 bits per heavy atom. The number of nitrogens with zero attached hydrogens (tertiary/aromatic N) is 4. The molecule has 0 radical (unpaired) electrons. The lowest BCUT2D eigenvalue weighted by Crippen LogP contribution is -2.44. The molecule has 1 aliphatic rings. The molecule has 1 amide bonds. The van der Waals surface area contributed by atoms with Gasteiger partial charge in [-0.1, -0.05) is 12.1 Å². The fourth-order valence-corrected chi connectivity index (χ4v) is 3.71. The summed E-state index contributed by atoms with van der Waals surface area (Å²) in [6.45, 7) is 4.99. The van der Waals surface area contributed by atoms with E-state index in [-0.39, 0.29) is 12.0 Å². The predicted molar refractivity (Wildman–Crippen MR) is 112 cm³/mol. The number of rotatable bonds is 5. The number of benzene rings is 1. The summed E-state index contributed by atoms with van der Waals surface area (Å²) in [6.07, 6.45) is 1.57. The van der Waals surface area contributed by atoms with E-state index in [9.17, 15) is 4.79 Å². The molecule has 4 rings (SSSR count). The number of likely N-dealkylation sites (tertiary alicyclic amines) is 1. The Labute approximate surface area is 175 Å². The molecule has 0 saturated carbocycles. The molecule has 1 aromatic carbocycles. The molecule has 3 heterocycles. The number of aryl methyl sites for hydroxylation is 2. The fourth-order valence-electron chi connectivity index (χ4n) is 3.71. The van der Waals surface area contributed by atoms with Crippen LogP contribution in [0.3, 0.4) is 0 Å². The normalized spacial score (nSPS) is 16.4. The summed E-state index contributed by atoms with van der Waals surface area (Å²) in [5.41, 5.74) is 3.68. The minimum atomic E-state index is -0.138. The molecule has 0 aliphatic carbocycles. The average molecular weight is 407 g/mol. The molecule has 30 heavy (non-hydrogen) atoms. The summed E-state index contributed by atoms with van der Waals surface area (Å²) in [7, 11) is 1.62. The van der Waals surface area contributed by atoms with E-state index in [4.69, 9.17) is 9.47 Å². The number of aromatic nitrogens is 4. The van der Waals surface area contributed by atoms with Crippen molar-refractivity contribution in [2.45, 2.75) is 32.8 Å². The van der Waals surface area contributed by atoms with Crippen LogP contribution in [0.15, 0.2) is 36.4 Å². The second-order valence-electron chi connectivity index (χ2n) is 7.43. The first-order valence-electron chi connectivity index (χ1n) is 10.0. The average Bonchev–Trinajstić information content (AvgIpc) is 3.22. The Hall–Kier alpha value is -3.42. The molecule has 1 atom stereocenters. The third kappa shape index (κ3) is 4.27. The monoisotopic (exact) mass is 407 g/mol. The first kappa shape index (κ1) is 19.9. The molecular formula is C22H25N5O3. The highest BCUT2D eigenvalue weighted by atomic mass is 16.5. The number of H-pyrrole nitrogens is 1. The number of piperidine rings is 1. The molecule has 1 fully saturated rings. The lowest BCUT2D eigenvalue weighted by molar-refractivity contribution is 0.0510. The maximum absolute atomic E-state index is 13.0. The first-order valence-corrected chi connectivity index (χ1v) is 10.0. The van der Waals surface area contributed by atoms with Crippen molar-refractivity contribution in [2.75, 3.05) is 20.2 Å². The van der Waals surface area contributed by atoms with E-state index in [1.807, 2.05) is 44.2 Å². The first-order chi connectivity index (χ1) is 14.5. The number of ether oxygens (including phenoxy) is 2. The van der Waals surface area contributed by atoms with Crippen LogP contribution in [0.4, 0.5) is 0 Å². The molecule has 8 heteroatoms. The predicted octanol–water partition coefficient (Wildman–Crippen LogP) is 3.18. The number of carbonyl (C=O) groups excluding carboxylic acids is 1. The topological polar surface area (TPSA) is 93.2 Å². The van der Waals surface area contributed by atoms with E-state index in [2.05, 4.69) is 20.2 Å². The molecule has 3 aromatic rings. The summed E-state index contributed by atoms with van der Waals surface area (Å²) < 4.78 is 11.4. The van der Waals surface area contributed by atoms with E-state index in [0.717, 1.165) is 29.8 Å². The van der Waals surface area contributed by atoms with E-state index < -0.39 is 0 Å². The zero-order valence-corrected chi connectivity index (χ0v) is 17.4. The van der Waals surface area contributed by atoms with Gasteiger partial charge in [0.2, 0.25) is 0 Å². The van der Waals surface area contributed by atoms with Gasteiger partial charge in [-0.3, -0.25) is 9.89 Å². The molecule has 8 nitrogen and oxygen atoms in total. The van der Waals surface area contributed by atoms with Crippen LogP contribution in [0, 0.1) is 13.8 Å². The molecule has 1 saturated heterocycles. The Morgan fingerprint density at radius 3 is 2.70 bits per heavy atom. The van der Waals surface area contributed by atoms with Gasteiger partial charge in [0, 0.05) is 23.5 Å². The number of hydrogen-bond donors (Lipinski definition) is 1. The van der Waals surface area contributed by atoms with Gasteiger partial charge in [0.05, 0.1) is 19.3 Å². The molecule has 1 unspecified atom stereocenters. The standard InChI is InChI=1S/C22H25N5O3/c1-14-11-15(2)24-22(23-14)30-16-7-6-10-27(13-16)21(28)19-12-18(25-26-19)17-8-4-5-9-20(17)29-3/h4-5,8-9,11-12,16H,6-7,10,13H2,1-3H3,(H,25,26). The molecule has 1 aliphatic heterocycles. The number of carbonyl (C=O) groups is 1. The zero-order chi connectivity index (χ0) is 21.1. The maximum Gasteiger partial charge on any atom is 0.317 e. The van der Waals surface area contributed by atoms with Gasteiger partial charge in [-0.05, 0) is 51.0 Å². The Bertz CT molecular complexity index is 1030. The highest BCUT2D eigenvalue weighted by Crippen LogP contribution is 2.28. The van der Waals surface area contributed by atoms with Crippen molar-refractivity contribution in [2.24, 2.45) is 0 Å². The lowest BCUT2D eigenvalue weighted by atomic mass is 10.1. The van der Waals surface area contributed by atoms with Crippen molar-refractivity contribution < 1.29 is 14.3 Å². The summed E-state index contributed by atoms with van der Waals surface area (Å²) in [5, 5.41) is 7.18. The maximum atomic E-state index is 13.0. The van der Waals surface area contributed by atoms with Crippen LogP contribution in [0.5, 0.6) is 11.8 Å². The second-order valence-corrected chi connectivity index (χ2v) is 7.43. The van der Waals surface area contributed by atoms with Crippen molar-refractivity contribution >= 4 is 5.91 Å². The SMILES string of the molecule is COc1ccccc1-c1cc(C(=O)N2CCCC(Oc3nc(C)cc(C)n3)C2)[nH]n1. The Kier molecular flexibility index (Phi) is 5.65. The summed E-state index contributed by atoms with van der Waals surface area (Å²) in [6, 6.07) is 11.6. The van der Waals surface area contributed by atoms with Crippen molar-refractivity contribution in [3.63, 3.8) is 0 Å². The van der Waals surface area contributed by atoms with E-state index in [0.29, 0.717) is 36.2 Å². The highest BCUT2D eigenvalue weighted by molar-refractivity contribution is 5.93. The third-order valence-electron chi connectivity index (χ3n) is 5.09. The van der Waals surface area contributed by atoms with Crippen LogP contribution >= 0.6 is 0 Å². The largest absolute Gasteiger partial charge is 0.496 e. The van der Waals surface area contributed by atoms with E-state index >= 15 is 0 Å². The second kappa shape index (κ2) is 8.52. The quantitative estimate of drug-likeness (QED) is 0.698. The van der Waals surface area contributed by atoms with Gasteiger partial charge in [-0.25, -0.2) is 9.97 Å². The number of nitrogens with one attached hydrogen (secondary N) is 1. The minimum Gasteiger partial charge on any atom is -0.496 e. The van der Waals surface area contributed by atoms with Crippen LogP contribution in [0.2, 0.25) is 0 Å². The van der Waals surface area contributed by atoms with Gasteiger partial charge in [0.1, 0.15) is 17.5 Å². The fraction of sp³-hybridized carbons (Fsp3) is 0.364. The van der Waals surface area contributed by atoms with Gasteiger partial charge in [-0.2, -0.15) is 5.10 Å². The van der Waals surface area contributed by atoms with Crippen LogP contribution in [0.1, 0.15) is 34.7 Å². The van der Waals surface area contributed by atoms with Crippen molar-refractivity contribution in [3.8, 4) is 23.0 Å². The van der Waals surface area contributed by atoms with Gasteiger partial charge < -0.3 is 14.4 Å². The number of aromatic amines is 1. The van der Waals surface area contributed by atoms with Crippen molar-refractivity contribution in [3.05, 3.63) is 53.5 Å². The van der Waals surface area contributed by atoms with Crippen molar-refractivity contribution in [1.29, 1.82) is 0 Å². The van der Waals surface area contributed by atoms with E-state index in [1.54, 1.807) is 18.1 Å². The third-order valence-corrected chi connectivity index (χ3v) is 5.09. The molecule has 1 N–H and O–H groups in total. The van der Waals surface area contributed by atoms with Crippen LogP contribution in [-0.2, 0) is 0 Å².